The minimum atomic E-state index is -3.86. The molecule has 1 N–H and O–H groups in total. The zero-order valence-corrected chi connectivity index (χ0v) is 18.3. The Kier molecular flexibility index (Phi) is 5.64. The molecule has 0 aliphatic carbocycles. The number of sulfonamides is 1. The topological polar surface area (TPSA) is 81.3 Å². The lowest BCUT2D eigenvalue weighted by molar-refractivity contribution is 0.527. The number of aryl methyl sites for hydroxylation is 2. The zero-order valence-electron chi connectivity index (χ0n) is 16.7. The summed E-state index contributed by atoms with van der Waals surface area (Å²) in [5.41, 5.74) is 2.87. The predicted octanol–water partition coefficient (Wildman–Crippen LogP) is 4.21. The van der Waals surface area contributed by atoms with Crippen molar-refractivity contribution in [3.05, 3.63) is 86.5 Å². The lowest BCUT2D eigenvalue weighted by Crippen LogP contribution is -2.29. The summed E-state index contributed by atoms with van der Waals surface area (Å²) in [6.45, 7) is 2.13. The van der Waals surface area contributed by atoms with Crippen LogP contribution in [-0.4, -0.2) is 13.0 Å². The predicted molar refractivity (Wildman–Crippen MR) is 118 cm³/mol. The van der Waals surface area contributed by atoms with Crippen LogP contribution in [0.25, 0.3) is 11.1 Å². The maximum absolute atomic E-state index is 13.2. The number of nitrogens with one attached hydrogen (secondary N) is 1. The van der Waals surface area contributed by atoms with Gasteiger partial charge in [-0.25, -0.2) is 13.2 Å². The Hall–Kier alpha value is -2.68. The third kappa shape index (κ3) is 3.98. The Morgan fingerprint density at radius 3 is 2.57 bits per heavy atom. The number of hydrogen-bond donors (Lipinski definition) is 1. The van der Waals surface area contributed by atoms with Crippen molar-refractivity contribution in [3.8, 4) is 0 Å². The Morgan fingerprint density at radius 1 is 1.13 bits per heavy atom. The zero-order chi connectivity index (χ0) is 21.3. The molecule has 0 radical (unpaired) electrons. The van der Waals surface area contributed by atoms with Crippen molar-refractivity contribution in [2.75, 3.05) is 0 Å². The minimum Gasteiger partial charge on any atom is -0.408 e. The van der Waals surface area contributed by atoms with E-state index in [1.807, 2.05) is 41.8 Å². The maximum atomic E-state index is 13.2. The minimum absolute atomic E-state index is 0.0495. The summed E-state index contributed by atoms with van der Waals surface area (Å²) in [5, 5.41) is 1.92. The first-order chi connectivity index (χ1) is 14.4. The summed E-state index contributed by atoms with van der Waals surface area (Å²) in [5.74, 6) is -0.531. The molecule has 0 aliphatic rings. The van der Waals surface area contributed by atoms with Crippen LogP contribution in [0.4, 0.5) is 0 Å². The second-order valence-electron chi connectivity index (χ2n) is 7.12. The molecule has 156 valence electrons. The van der Waals surface area contributed by atoms with Crippen LogP contribution in [0.1, 0.15) is 35.4 Å². The average Bonchev–Trinajstić information content (AvgIpc) is 3.36. The molecule has 0 unspecified atom stereocenters. The van der Waals surface area contributed by atoms with E-state index in [4.69, 9.17) is 4.42 Å². The van der Waals surface area contributed by atoms with E-state index in [0.717, 1.165) is 23.3 Å². The Bertz CT molecular complexity index is 1320. The molecule has 0 aliphatic heterocycles. The van der Waals surface area contributed by atoms with Gasteiger partial charge in [0.15, 0.2) is 5.58 Å². The second-order valence-corrected chi connectivity index (χ2v) is 9.81. The first kappa shape index (κ1) is 20.6. The number of fused-ring (bicyclic) bond motifs is 1. The van der Waals surface area contributed by atoms with E-state index in [1.165, 1.54) is 33.6 Å². The van der Waals surface area contributed by atoms with Crippen LogP contribution >= 0.6 is 11.3 Å². The van der Waals surface area contributed by atoms with E-state index in [2.05, 4.69) is 11.6 Å². The summed E-state index contributed by atoms with van der Waals surface area (Å²) in [6, 6.07) is 15.8. The fourth-order valence-corrected chi connectivity index (χ4v) is 5.51. The van der Waals surface area contributed by atoms with Gasteiger partial charge in [0, 0.05) is 18.0 Å². The maximum Gasteiger partial charge on any atom is 0.419 e. The number of hydrogen-bond acceptors (Lipinski definition) is 5. The molecule has 2 aromatic carbocycles. The van der Waals surface area contributed by atoms with Gasteiger partial charge >= 0.3 is 5.76 Å². The molecule has 6 nitrogen and oxygen atoms in total. The average molecular weight is 443 g/mol. The van der Waals surface area contributed by atoms with Gasteiger partial charge in [0.2, 0.25) is 10.0 Å². The van der Waals surface area contributed by atoms with Gasteiger partial charge in [-0.1, -0.05) is 43.7 Å². The fraction of sp³-hybridized carbons (Fsp3) is 0.227. The van der Waals surface area contributed by atoms with Crippen molar-refractivity contribution in [1.29, 1.82) is 0 Å². The first-order valence-corrected chi connectivity index (χ1v) is 12.0. The van der Waals surface area contributed by atoms with Crippen LogP contribution < -0.4 is 10.5 Å². The van der Waals surface area contributed by atoms with Gasteiger partial charge in [-0.2, -0.15) is 4.72 Å². The molecule has 30 heavy (non-hydrogen) atoms. The number of rotatable bonds is 7. The van der Waals surface area contributed by atoms with Crippen molar-refractivity contribution in [2.24, 2.45) is 7.05 Å². The number of oxazole rings is 1. The highest BCUT2D eigenvalue weighted by Crippen LogP contribution is 2.29. The van der Waals surface area contributed by atoms with E-state index in [1.54, 1.807) is 13.1 Å². The normalized spacial score (nSPS) is 13.0. The van der Waals surface area contributed by atoms with E-state index in [0.29, 0.717) is 5.52 Å². The molecule has 0 spiro atoms. The highest BCUT2D eigenvalue weighted by molar-refractivity contribution is 7.89. The van der Waals surface area contributed by atoms with Crippen molar-refractivity contribution >= 4 is 32.5 Å². The standard InChI is InChI=1S/C22H22N2O4S2/c1-3-5-15-7-9-16(10-8-15)21(20-6-4-13-29-20)23-30(26,27)17-11-12-18-19(14-17)28-22(25)24(18)2/h4,6-14,21,23H,3,5H2,1-2H3/t21-/m1/s1. The molecule has 4 aromatic rings. The Balaban J connectivity index is 1.71. The van der Waals surface area contributed by atoms with E-state index in [-0.39, 0.29) is 10.5 Å². The summed E-state index contributed by atoms with van der Waals surface area (Å²) in [6.07, 6.45) is 2.04. The van der Waals surface area contributed by atoms with Crippen LogP contribution in [-0.2, 0) is 23.5 Å². The molecule has 4 rings (SSSR count). The molecule has 0 saturated heterocycles. The fourth-order valence-electron chi connectivity index (χ4n) is 3.42. The van der Waals surface area contributed by atoms with Crippen LogP contribution in [0.15, 0.2) is 74.1 Å². The molecule has 8 heteroatoms. The summed E-state index contributed by atoms with van der Waals surface area (Å²) < 4.78 is 35.7. The molecule has 2 heterocycles. The van der Waals surface area contributed by atoms with Gasteiger partial charge in [-0.15, -0.1) is 11.3 Å². The van der Waals surface area contributed by atoms with Gasteiger partial charge in [0.05, 0.1) is 16.5 Å². The molecule has 0 amide bonds. The SMILES string of the molecule is CCCc1ccc([C@@H](NS(=O)(=O)c2ccc3c(c2)oc(=O)n3C)c2cccs2)cc1. The summed E-state index contributed by atoms with van der Waals surface area (Å²) in [7, 11) is -2.28. The number of aromatic nitrogens is 1. The lowest BCUT2D eigenvalue weighted by atomic mass is 10.0. The van der Waals surface area contributed by atoms with Crippen LogP contribution in [0.5, 0.6) is 0 Å². The van der Waals surface area contributed by atoms with Crippen molar-refractivity contribution in [3.63, 3.8) is 0 Å². The van der Waals surface area contributed by atoms with E-state index in [9.17, 15) is 13.2 Å². The van der Waals surface area contributed by atoms with Gasteiger partial charge in [0.25, 0.3) is 0 Å². The largest absolute Gasteiger partial charge is 0.419 e. The van der Waals surface area contributed by atoms with Gasteiger partial charge in [-0.3, -0.25) is 4.57 Å². The van der Waals surface area contributed by atoms with Crippen LogP contribution in [0.3, 0.4) is 0 Å². The van der Waals surface area contributed by atoms with Crippen molar-refractivity contribution in [2.45, 2.75) is 30.7 Å². The molecule has 1 atom stereocenters. The van der Waals surface area contributed by atoms with Crippen LogP contribution in [0, 0.1) is 0 Å². The van der Waals surface area contributed by atoms with Crippen molar-refractivity contribution in [1.82, 2.24) is 9.29 Å². The lowest BCUT2D eigenvalue weighted by Gasteiger charge is -2.19. The van der Waals surface area contributed by atoms with E-state index < -0.39 is 21.8 Å². The molecular formula is C22H22N2O4S2. The molecular weight excluding hydrogens is 420 g/mol. The number of thiophene rings is 1. The molecule has 2 aromatic heterocycles. The molecule has 0 fully saturated rings. The quantitative estimate of drug-likeness (QED) is 0.465. The van der Waals surface area contributed by atoms with Crippen molar-refractivity contribution < 1.29 is 12.8 Å². The summed E-state index contributed by atoms with van der Waals surface area (Å²) in [4.78, 5) is 12.7. The third-order valence-electron chi connectivity index (χ3n) is 5.03. The second kappa shape index (κ2) is 8.22. The number of nitrogens with zero attached hydrogens (tertiary/aromatic N) is 1. The van der Waals surface area contributed by atoms with Gasteiger partial charge in [0.1, 0.15) is 0 Å². The van der Waals surface area contributed by atoms with Gasteiger partial charge < -0.3 is 4.42 Å². The molecule has 0 saturated carbocycles. The van der Waals surface area contributed by atoms with Gasteiger partial charge in [-0.05, 0) is 41.1 Å². The monoisotopic (exact) mass is 442 g/mol. The smallest absolute Gasteiger partial charge is 0.408 e. The van der Waals surface area contributed by atoms with Crippen LogP contribution in [0.2, 0.25) is 0 Å². The third-order valence-corrected chi connectivity index (χ3v) is 7.38. The Morgan fingerprint density at radius 2 is 1.90 bits per heavy atom. The highest BCUT2D eigenvalue weighted by atomic mass is 32.2. The Labute approximate surface area is 178 Å². The first-order valence-electron chi connectivity index (χ1n) is 9.63. The number of benzene rings is 2. The molecule has 0 bridgehead atoms. The van der Waals surface area contributed by atoms with E-state index >= 15 is 0 Å². The summed E-state index contributed by atoms with van der Waals surface area (Å²) >= 11 is 1.49. The highest BCUT2D eigenvalue weighted by Gasteiger charge is 2.24.